The van der Waals surface area contributed by atoms with Crippen molar-refractivity contribution in [3.63, 3.8) is 0 Å². The number of thioether (sulfide) groups is 1. The second kappa shape index (κ2) is 11.3. The van der Waals surface area contributed by atoms with Crippen LogP contribution in [0.3, 0.4) is 0 Å². The van der Waals surface area contributed by atoms with E-state index in [9.17, 15) is 17.4 Å². The number of aromatic nitrogens is 1. The monoisotopic (exact) mass is 559 g/mol. The van der Waals surface area contributed by atoms with E-state index in [1.54, 1.807) is 17.8 Å². The molecular formula is C31H28FN2O3S2-. The highest BCUT2D eigenvalue weighted by Crippen LogP contribution is 2.49. The summed E-state index contributed by atoms with van der Waals surface area (Å²) in [6, 6.07) is 20.2. The number of rotatable bonds is 8. The molecule has 1 aromatic heterocycles. The summed E-state index contributed by atoms with van der Waals surface area (Å²) in [4.78, 5) is 3.16. The molecule has 1 aliphatic rings. The Bertz CT molecular complexity index is 1760. The Balaban J connectivity index is 1.45. The van der Waals surface area contributed by atoms with Gasteiger partial charge in [0.15, 0.2) is 12.0 Å². The molecular weight excluding hydrogens is 531 g/mol. The van der Waals surface area contributed by atoms with Gasteiger partial charge in [0, 0.05) is 28.9 Å². The third-order valence-electron chi connectivity index (χ3n) is 6.70. The zero-order valence-electron chi connectivity index (χ0n) is 21.7. The van der Waals surface area contributed by atoms with Crippen molar-refractivity contribution < 1.29 is 21.9 Å². The molecule has 2 heterocycles. The molecule has 0 radical (unpaired) electrons. The van der Waals surface area contributed by atoms with E-state index in [1.807, 2.05) is 79.2 Å². The maximum atomic E-state index is 14.6. The van der Waals surface area contributed by atoms with E-state index in [2.05, 4.69) is 23.1 Å². The van der Waals surface area contributed by atoms with Gasteiger partial charge in [-0.2, -0.15) is 33.2 Å². The fourth-order valence-electron chi connectivity index (χ4n) is 4.82. The van der Waals surface area contributed by atoms with Gasteiger partial charge in [0.05, 0.1) is 20.5 Å². The van der Waals surface area contributed by atoms with Crippen LogP contribution in [0.15, 0.2) is 94.5 Å². The summed E-state index contributed by atoms with van der Waals surface area (Å²) < 4.78 is 50.2. The van der Waals surface area contributed by atoms with Crippen LogP contribution >= 0.6 is 11.8 Å². The van der Waals surface area contributed by atoms with E-state index in [0.717, 1.165) is 42.9 Å². The van der Waals surface area contributed by atoms with Crippen LogP contribution < -0.4 is 9.47 Å². The first-order valence-electron chi connectivity index (χ1n) is 12.7. The van der Waals surface area contributed by atoms with Crippen LogP contribution in [0.1, 0.15) is 25.8 Å². The third kappa shape index (κ3) is 5.93. The second-order valence-electron chi connectivity index (χ2n) is 9.37. The molecule has 1 aliphatic heterocycles. The van der Waals surface area contributed by atoms with Crippen LogP contribution in [0.4, 0.5) is 10.1 Å². The smallest absolute Gasteiger partial charge is 0.249 e. The molecule has 0 unspecified atom stereocenters. The van der Waals surface area contributed by atoms with Crippen molar-refractivity contribution in [3.8, 4) is 0 Å². The minimum atomic E-state index is -4.29. The Morgan fingerprint density at radius 2 is 2.03 bits per heavy atom. The van der Waals surface area contributed by atoms with Crippen LogP contribution in [-0.2, 0) is 16.7 Å². The number of allylic oxidation sites excluding steroid dienone is 4. The van der Waals surface area contributed by atoms with Gasteiger partial charge in [0.25, 0.3) is 0 Å². The first-order valence-corrected chi connectivity index (χ1v) is 15.1. The Labute approximate surface area is 232 Å². The first-order chi connectivity index (χ1) is 18.7. The summed E-state index contributed by atoms with van der Waals surface area (Å²) in [6.45, 7) is 5.07. The quantitative estimate of drug-likeness (QED) is 0.106. The van der Waals surface area contributed by atoms with Gasteiger partial charge in [-0.15, -0.1) is 10.8 Å². The number of hydrogen-bond acceptors (Lipinski definition) is 5. The first kappa shape index (κ1) is 27.1. The van der Waals surface area contributed by atoms with Gasteiger partial charge in [-0.3, -0.25) is 0 Å². The lowest BCUT2D eigenvalue weighted by molar-refractivity contribution is -0.668. The SMILES string of the molecule is CC[n+]1ccc(C=CC(C)=CC=C2Sc3ccc4cc[c-]cc4c3N2CCCS(=O)(=O)[O-])c2cccc(F)c21. The number of nitrogens with zero attached hydrogens (tertiary/aromatic N) is 2. The van der Waals surface area contributed by atoms with Gasteiger partial charge in [0.2, 0.25) is 5.52 Å². The van der Waals surface area contributed by atoms with Crippen LogP contribution in [0.5, 0.6) is 0 Å². The Hall–Kier alpha value is -3.46. The highest BCUT2D eigenvalue weighted by atomic mass is 32.2. The molecule has 0 aliphatic carbocycles. The van der Waals surface area contributed by atoms with Crippen LogP contribution in [0, 0.1) is 11.9 Å². The summed E-state index contributed by atoms with van der Waals surface area (Å²) >= 11 is 1.61. The van der Waals surface area contributed by atoms with Gasteiger partial charge >= 0.3 is 0 Å². The molecule has 5 nitrogen and oxygen atoms in total. The van der Waals surface area contributed by atoms with Crippen molar-refractivity contribution in [1.29, 1.82) is 0 Å². The Morgan fingerprint density at radius 1 is 1.18 bits per heavy atom. The molecule has 5 rings (SSSR count). The third-order valence-corrected chi connectivity index (χ3v) is 8.61. The number of benzene rings is 3. The van der Waals surface area contributed by atoms with Crippen molar-refractivity contribution in [3.05, 3.63) is 107 Å². The molecule has 0 N–H and O–H groups in total. The van der Waals surface area contributed by atoms with E-state index >= 15 is 0 Å². The summed E-state index contributed by atoms with van der Waals surface area (Å²) in [6.07, 6.45) is 10.1. The maximum Gasteiger partial charge on any atom is 0.249 e. The molecule has 3 aromatic carbocycles. The van der Waals surface area contributed by atoms with Gasteiger partial charge in [-0.1, -0.05) is 47.7 Å². The molecule has 200 valence electrons. The molecule has 4 aromatic rings. The van der Waals surface area contributed by atoms with E-state index in [4.69, 9.17) is 0 Å². The maximum absolute atomic E-state index is 14.6. The zero-order valence-corrected chi connectivity index (χ0v) is 23.4. The van der Waals surface area contributed by atoms with E-state index < -0.39 is 15.9 Å². The Morgan fingerprint density at radius 3 is 2.82 bits per heavy atom. The highest BCUT2D eigenvalue weighted by Gasteiger charge is 2.24. The largest absolute Gasteiger partial charge is 0.748 e. The molecule has 0 saturated heterocycles. The molecule has 8 heteroatoms. The summed E-state index contributed by atoms with van der Waals surface area (Å²) in [7, 11) is -4.29. The standard InChI is InChI=1S/C31H29FN2O3S2/c1-3-33-20-18-24(25-10-6-11-27(32)30(25)33)14-12-22(2)13-17-29-34(19-7-21-39(35,36)37)31-26-9-5-4-8-23(26)15-16-28(31)38-29/h4,6,8-18,20H,3,7,19,21H2,1-2H3,(H,35,36,37)/p-1. The topological polar surface area (TPSA) is 64.3 Å². The number of pyridine rings is 1. The lowest BCUT2D eigenvalue weighted by Crippen LogP contribution is -2.33. The highest BCUT2D eigenvalue weighted by molar-refractivity contribution is 8.03. The number of hydrogen-bond donors (Lipinski definition) is 0. The van der Waals surface area contributed by atoms with Crippen molar-refractivity contribution in [1.82, 2.24) is 0 Å². The van der Waals surface area contributed by atoms with E-state index in [-0.39, 0.29) is 12.2 Å². The minimum absolute atomic E-state index is 0.230. The number of aryl methyl sites for hydroxylation is 1. The average molecular weight is 560 g/mol. The van der Waals surface area contributed by atoms with Crippen LogP contribution in [0.25, 0.3) is 27.8 Å². The summed E-state index contributed by atoms with van der Waals surface area (Å²) in [5.74, 6) is -0.649. The predicted octanol–water partition coefficient (Wildman–Crippen LogP) is 6.59. The van der Waals surface area contributed by atoms with Gasteiger partial charge in [-0.05, 0) is 50.1 Å². The minimum Gasteiger partial charge on any atom is -0.748 e. The van der Waals surface area contributed by atoms with Crippen molar-refractivity contribution in [2.45, 2.75) is 31.7 Å². The van der Waals surface area contributed by atoms with Crippen molar-refractivity contribution >= 4 is 55.3 Å². The molecule has 0 fully saturated rings. The summed E-state index contributed by atoms with van der Waals surface area (Å²) in [5.41, 5.74) is 3.52. The number of fused-ring (bicyclic) bond motifs is 4. The normalized spacial score (nSPS) is 15.2. The van der Waals surface area contributed by atoms with E-state index in [1.165, 1.54) is 6.07 Å². The second-order valence-corrected chi connectivity index (χ2v) is 12.0. The molecule has 0 atom stereocenters. The fourth-order valence-corrected chi connectivity index (χ4v) is 6.41. The lowest BCUT2D eigenvalue weighted by atomic mass is 10.1. The number of halogens is 1. The average Bonchev–Trinajstić information content (AvgIpc) is 3.28. The van der Waals surface area contributed by atoms with Gasteiger partial charge in [0.1, 0.15) is 6.54 Å². The van der Waals surface area contributed by atoms with Gasteiger partial charge < -0.3 is 9.45 Å². The molecule has 0 spiro atoms. The molecule has 0 saturated carbocycles. The number of para-hydroxylation sites is 1. The van der Waals surface area contributed by atoms with Crippen molar-refractivity contribution in [2.24, 2.45) is 0 Å². The Kier molecular flexibility index (Phi) is 7.88. The molecule has 0 amide bonds. The predicted molar refractivity (Wildman–Crippen MR) is 156 cm³/mol. The van der Waals surface area contributed by atoms with Gasteiger partial charge in [-0.25, -0.2) is 8.42 Å². The fraction of sp³-hybridized carbons (Fsp3) is 0.194. The lowest BCUT2D eigenvalue weighted by Gasteiger charge is -2.24. The summed E-state index contributed by atoms with van der Waals surface area (Å²) in [5, 5.41) is 3.91. The van der Waals surface area contributed by atoms with Crippen LogP contribution in [-0.4, -0.2) is 25.3 Å². The molecule has 39 heavy (non-hydrogen) atoms. The van der Waals surface area contributed by atoms with Crippen molar-refractivity contribution in [2.75, 3.05) is 17.2 Å². The number of anilines is 1. The molecule has 0 bridgehead atoms. The van der Waals surface area contributed by atoms with Crippen LogP contribution in [0.2, 0.25) is 0 Å². The van der Waals surface area contributed by atoms with E-state index in [0.29, 0.717) is 18.6 Å². The zero-order chi connectivity index (χ0) is 27.6.